The van der Waals surface area contributed by atoms with Crippen LogP contribution in [-0.2, 0) is 14.3 Å². The van der Waals surface area contributed by atoms with E-state index in [-0.39, 0.29) is 18.5 Å². The van der Waals surface area contributed by atoms with Gasteiger partial charge in [0.2, 0.25) is 5.91 Å². The highest BCUT2D eigenvalue weighted by Crippen LogP contribution is 2.19. The Kier molecular flexibility index (Phi) is 65.9. The van der Waals surface area contributed by atoms with Crippen molar-refractivity contribution >= 4 is 11.9 Å². The molecule has 3 N–H and O–H groups in total. The normalized spacial score (nSPS) is 12.5. The van der Waals surface area contributed by atoms with Crippen LogP contribution in [0.3, 0.4) is 0 Å². The zero-order valence-corrected chi connectivity index (χ0v) is 52.5. The molecular weight excluding hydrogens is 947 g/mol. The van der Waals surface area contributed by atoms with Crippen LogP contribution in [0, 0.1) is 0 Å². The fourth-order valence-corrected chi connectivity index (χ4v) is 11.4. The second-order valence-electron chi connectivity index (χ2n) is 24.6. The number of rotatable bonds is 67. The number of hydrogen-bond acceptors (Lipinski definition) is 5. The predicted molar refractivity (Wildman–Crippen MR) is 338 cm³/mol. The van der Waals surface area contributed by atoms with Crippen LogP contribution >= 0.6 is 0 Å². The van der Waals surface area contributed by atoms with E-state index in [2.05, 4.69) is 31.3 Å². The summed E-state index contributed by atoms with van der Waals surface area (Å²) >= 11 is 0. The van der Waals surface area contributed by atoms with Gasteiger partial charge in [0.25, 0.3) is 0 Å². The Bertz CT molecular complexity index is 1160. The molecule has 0 bridgehead atoms. The molecule has 0 aromatic heterocycles. The summed E-state index contributed by atoms with van der Waals surface area (Å²) in [5, 5.41) is 23.4. The molecule has 6 nitrogen and oxygen atoms in total. The summed E-state index contributed by atoms with van der Waals surface area (Å²) in [4.78, 5) is 24.5. The lowest BCUT2D eigenvalue weighted by Gasteiger charge is -2.22. The number of allylic oxidation sites excluding steroid dienone is 2. The molecular formula is C71H139NO5. The number of aliphatic hydroxyl groups excluding tert-OH is 2. The quantitative estimate of drug-likeness (QED) is 0.0320. The van der Waals surface area contributed by atoms with Gasteiger partial charge in [-0.3, -0.25) is 9.59 Å². The number of ether oxygens (including phenoxy) is 1. The van der Waals surface area contributed by atoms with Crippen LogP contribution < -0.4 is 5.32 Å². The van der Waals surface area contributed by atoms with Crippen molar-refractivity contribution < 1.29 is 24.5 Å². The topological polar surface area (TPSA) is 95.9 Å². The van der Waals surface area contributed by atoms with Gasteiger partial charge in [0, 0.05) is 12.8 Å². The molecule has 0 aliphatic heterocycles. The molecule has 0 radical (unpaired) electrons. The minimum Gasteiger partial charge on any atom is -0.466 e. The summed E-state index contributed by atoms with van der Waals surface area (Å²) in [6.45, 7) is 4.99. The first-order chi connectivity index (χ1) is 38.0. The summed E-state index contributed by atoms with van der Waals surface area (Å²) in [5.74, 6) is -0.00896. The van der Waals surface area contributed by atoms with E-state index in [9.17, 15) is 19.8 Å². The zero-order valence-electron chi connectivity index (χ0n) is 52.5. The third kappa shape index (κ3) is 63.6. The third-order valence-corrected chi connectivity index (χ3v) is 16.8. The molecule has 0 saturated heterocycles. The van der Waals surface area contributed by atoms with Gasteiger partial charge in [-0.15, -0.1) is 0 Å². The van der Waals surface area contributed by atoms with Gasteiger partial charge in [-0.2, -0.15) is 0 Å². The summed E-state index contributed by atoms with van der Waals surface area (Å²) < 4.78 is 5.48. The maximum absolute atomic E-state index is 12.5. The molecule has 6 heteroatoms. The Morgan fingerprint density at radius 1 is 0.351 bits per heavy atom. The molecule has 0 aliphatic carbocycles. The number of unbranched alkanes of at least 4 members (excludes halogenated alkanes) is 54. The maximum Gasteiger partial charge on any atom is 0.305 e. The van der Waals surface area contributed by atoms with Crippen LogP contribution in [0.5, 0.6) is 0 Å². The molecule has 77 heavy (non-hydrogen) atoms. The van der Waals surface area contributed by atoms with Gasteiger partial charge in [-0.1, -0.05) is 353 Å². The number of carbonyl (C=O) groups is 2. The minimum absolute atomic E-state index is 0.0192. The minimum atomic E-state index is -0.661. The van der Waals surface area contributed by atoms with Gasteiger partial charge in [-0.25, -0.2) is 0 Å². The average Bonchev–Trinajstić information content (AvgIpc) is 3.43. The fourth-order valence-electron chi connectivity index (χ4n) is 11.4. The molecule has 0 aromatic rings. The average molecular weight is 1090 g/mol. The van der Waals surface area contributed by atoms with Crippen molar-refractivity contribution in [2.75, 3.05) is 13.2 Å². The third-order valence-electron chi connectivity index (χ3n) is 16.8. The molecule has 0 aliphatic rings. The van der Waals surface area contributed by atoms with Gasteiger partial charge < -0.3 is 20.3 Å². The van der Waals surface area contributed by atoms with E-state index in [0.717, 1.165) is 38.5 Å². The second-order valence-corrected chi connectivity index (χ2v) is 24.6. The van der Waals surface area contributed by atoms with E-state index in [0.29, 0.717) is 25.9 Å². The fraction of sp³-hybridized carbons (Fsp3) is 0.944. The number of esters is 1. The van der Waals surface area contributed by atoms with Crippen LogP contribution in [0.1, 0.15) is 406 Å². The predicted octanol–water partition coefficient (Wildman–Crippen LogP) is 22.8. The Morgan fingerprint density at radius 3 is 0.922 bits per heavy atom. The molecule has 0 aromatic carbocycles. The molecule has 2 unspecified atom stereocenters. The first-order valence-corrected chi connectivity index (χ1v) is 35.4. The van der Waals surface area contributed by atoms with Gasteiger partial charge in [0.1, 0.15) is 0 Å². The van der Waals surface area contributed by atoms with Gasteiger partial charge in [0.05, 0.1) is 25.4 Å². The summed E-state index contributed by atoms with van der Waals surface area (Å²) in [6.07, 6.45) is 82.7. The number of carbonyl (C=O) groups excluding carboxylic acids is 2. The zero-order chi connectivity index (χ0) is 55.7. The lowest BCUT2D eigenvalue weighted by Crippen LogP contribution is -2.45. The Morgan fingerprint density at radius 2 is 0.610 bits per heavy atom. The van der Waals surface area contributed by atoms with E-state index in [4.69, 9.17) is 4.74 Å². The summed E-state index contributed by atoms with van der Waals surface area (Å²) in [7, 11) is 0. The smallest absolute Gasteiger partial charge is 0.305 e. The van der Waals surface area contributed by atoms with E-state index >= 15 is 0 Å². The summed E-state index contributed by atoms with van der Waals surface area (Å²) in [5.41, 5.74) is 0. The molecule has 0 saturated carbocycles. The number of nitrogens with one attached hydrogen (secondary N) is 1. The van der Waals surface area contributed by atoms with Gasteiger partial charge in [-0.05, 0) is 51.4 Å². The van der Waals surface area contributed by atoms with Crippen LogP contribution in [0.15, 0.2) is 12.2 Å². The highest BCUT2D eigenvalue weighted by Gasteiger charge is 2.20. The molecule has 2 atom stereocenters. The van der Waals surface area contributed by atoms with E-state index in [1.807, 2.05) is 0 Å². The Labute approximate surface area is 482 Å². The largest absolute Gasteiger partial charge is 0.466 e. The van der Waals surface area contributed by atoms with Crippen molar-refractivity contribution in [1.29, 1.82) is 0 Å². The highest BCUT2D eigenvalue weighted by molar-refractivity contribution is 5.76. The van der Waals surface area contributed by atoms with Crippen molar-refractivity contribution in [2.45, 2.75) is 418 Å². The van der Waals surface area contributed by atoms with Gasteiger partial charge in [0.15, 0.2) is 0 Å². The SMILES string of the molecule is CCCCCCCCCCCCCCCCCCC(O)C(CO)NC(=O)CCCCCCCCCCCCCCCCCCC/C=C\CCCCCCCCCCCCCCOC(=O)CCCCCCCCCCCCC. The van der Waals surface area contributed by atoms with Crippen LogP contribution in [0.2, 0.25) is 0 Å². The Balaban J connectivity index is 3.34. The first-order valence-electron chi connectivity index (χ1n) is 35.4. The van der Waals surface area contributed by atoms with Crippen molar-refractivity contribution in [3.05, 3.63) is 12.2 Å². The molecule has 1 amide bonds. The van der Waals surface area contributed by atoms with Crippen molar-refractivity contribution in [2.24, 2.45) is 0 Å². The van der Waals surface area contributed by atoms with Crippen LogP contribution in [0.4, 0.5) is 0 Å². The standard InChI is InChI=1S/C71H139NO5/c1-3-5-7-9-11-13-15-16-17-37-40-44-47-51-55-59-63-69(74)68(67-73)72-70(75)64-60-56-52-48-45-41-38-35-33-31-29-27-25-23-21-19-18-20-22-24-26-28-30-32-34-36-39-42-46-50-54-58-62-66-77-71(76)65-61-57-53-49-43-14-12-10-8-6-4-2/h22,24,68-69,73-74H,3-21,23,25-67H2,1-2H3,(H,72,75)/b24-22-. The van der Waals surface area contributed by atoms with E-state index < -0.39 is 12.1 Å². The van der Waals surface area contributed by atoms with Crippen LogP contribution in [0.25, 0.3) is 0 Å². The van der Waals surface area contributed by atoms with E-state index in [1.165, 1.54) is 334 Å². The van der Waals surface area contributed by atoms with Crippen molar-refractivity contribution in [1.82, 2.24) is 5.32 Å². The van der Waals surface area contributed by atoms with Crippen molar-refractivity contribution in [3.63, 3.8) is 0 Å². The lowest BCUT2D eigenvalue weighted by molar-refractivity contribution is -0.143. The summed E-state index contributed by atoms with van der Waals surface area (Å²) in [6, 6.07) is -0.538. The molecule has 0 spiro atoms. The molecule has 0 fully saturated rings. The number of amides is 1. The number of hydrogen-bond donors (Lipinski definition) is 3. The molecule has 0 heterocycles. The highest BCUT2D eigenvalue weighted by atomic mass is 16.5. The number of aliphatic hydroxyl groups is 2. The van der Waals surface area contributed by atoms with Crippen molar-refractivity contribution in [3.8, 4) is 0 Å². The molecule has 0 rings (SSSR count). The maximum atomic E-state index is 12.5. The van der Waals surface area contributed by atoms with Crippen LogP contribution in [-0.4, -0.2) is 47.4 Å². The van der Waals surface area contributed by atoms with E-state index in [1.54, 1.807) is 0 Å². The lowest BCUT2D eigenvalue weighted by atomic mass is 10.0. The van der Waals surface area contributed by atoms with Gasteiger partial charge >= 0.3 is 5.97 Å². The first kappa shape index (κ1) is 75.6. The molecule has 458 valence electrons. The Hall–Kier alpha value is -1.40. The second kappa shape index (κ2) is 67.1. The monoisotopic (exact) mass is 1090 g/mol.